The lowest BCUT2D eigenvalue weighted by atomic mass is 11.0. The highest BCUT2D eigenvalue weighted by Crippen LogP contribution is 2.21. The lowest BCUT2D eigenvalue weighted by Gasteiger charge is -2.18. The summed E-state index contributed by atoms with van der Waals surface area (Å²) < 4.78 is 4.58. The molecular formula is C6H12O6. The van der Waals surface area contributed by atoms with E-state index in [1.165, 1.54) is 0 Å². The van der Waals surface area contributed by atoms with E-state index in [4.69, 9.17) is 25.5 Å². The Bertz CT molecular complexity index is 151. The summed E-state index contributed by atoms with van der Waals surface area (Å²) in [4.78, 5) is 0. The molecule has 5 atom stereocenters. The first-order valence-corrected chi connectivity index (χ1v) is 3.56. The van der Waals surface area contributed by atoms with Crippen molar-refractivity contribution in [3.8, 4) is 0 Å². The van der Waals surface area contributed by atoms with Gasteiger partial charge in [0.2, 0.25) is 0 Å². The van der Waals surface area contributed by atoms with Crippen LogP contribution in [0, 0.1) is 0 Å². The van der Waals surface area contributed by atoms with Crippen LogP contribution >= 0.6 is 0 Å². The molecule has 5 N–H and O–H groups in total. The van der Waals surface area contributed by atoms with E-state index in [9.17, 15) is 0 Å². The van der Waals surface area contributed by atoms with Crippen LogP contribution in [-0.4, -0.2) is 62.8 Å². The fraction of sp³-hybridized carbons (Fsp3) is 1.00. The van der Waals surface area contributed by atoms with Crippen molar-refractivity contribution in [2.45, 2.75) is 30.7 Å². The molecule has 1 saturated heterocycles. The summed E-state index contributed by atoms with van der Waals surface area (Å²) in [5.74, 6) is 0. The smallest absolute Gasteiger partial charge is 0.184 e. The Kier molecular flexibility index (Phi) is 2.99. The average molecular weight is 186 g/mol. The minimum absolute atomic E-state index is 0.596. The van der Waals surface area contributed by atoms with Crippen molar-refractivity contribution in [1.29, 1.82) is 0 Å². The lowest BCUT2D eigenvalue weighted by Crippen LogP contribution is -2.40. The standard InChI is InChI=1S/C6H12O6/c7-1-2(8)5-3(9)4(10)6(11)12-5/h2-11H,1H2/t2-,3-,4-,5-,6+/m1/s1/i1+1,2+1,3+1,4+1,5+1,6+1. The van der Waals surface area contributed by atoms with Gasteiger partial charge in [0.25, 0.3) is 0 Å². The van der Waals surface area contributed by atoms with Gasteiger partial charge in [0.1, 0.15) is 24.4 Å². The van der Waals surface area contributed by atoms with Crippen molar-refractivity contribution in [3.63, 3.8) is 0 Å². The molecule has 0 aromatic carbocycles. The maximum Gasteiger partial charge on any atom is 0.184 e. The number of ether oxygens (including phenoxy) is 1. The molecule has 72 valence electrons. The first-order chi connectivity index (χ1) is 5.57. The summed E-state index contributed by atoms with van der Waals surface area (Å²) in [6, 6.07) is 0. The first-order valence-electron chi connectivity index (χ1n) is 3.56. The van der Waals surface area contributed by atoms with Gasteiger partial charge in [0.05, 0.1) is 6.61 Å². The Morgan fingerprint density at radius 1 is 1.17 bits per heavy atom. The largest absolute Gasteiger partial charge is 0.394 e. The fourth-order valence-corrected chi connectivity index (χ4v) is 1.11. The lowest BCUT2D eigenvalue weighted by molar-refractivity contribution is -0.150. The van der Waals surface area contributed by atoms with Crippen molar-refractivity contribution in [2.75, 3.05) is 6.61 Å². The molecule has 0 aliphatic carbocycles. The van der Waals surface area contributed by atoms with E-state index < -0.39 is 37.3 Å². The van der Waals surface area contributed by atoms with Gasteiger partial charge >= 0.3 is 0 Å². The monoisotopic (exact) mass is 186 g/mol. The highest BCUT2D eigenvalue weighted by atomic mass is 16.8. The second kappa shape index (κ2) is 3.65. The maximum atomic E-state index is 9.12. The van der Waals surface area contributed by atoms with Gasteiger partial charge in [-0.25, -0.2) is 0 Å². The number of rotatable bonds is 2. The quantitative estimate of drug-likeness (QED) is 0.290. The fourth-order valence-electron chi connectivity index (χ4n) is 1.11. The van der Waals surface area contributed by atoms with Crippen molar-refractivity contribution in [2.24, 2.45) is 0 Å². The third-order valence-corrected chi connectivity index (χ3v) is 1.84. The van der Waals surface area contributed by atoms with E-state index in [1.807, 2.05) is 0 Å². The van der Waals surface area contributed by atoms with Crippen molar-refractivity contribution < 1.29 is 30.3 Å². The highest BCUT2D eigenvalue weighted by Gasteiger charge is 2.44. The Balaban J connectivity index is 2.58. The predicted octanol–water partition coefficient (Wildman–Crippen LogP) is -3.22. The van der Waals surface area contributed by atoms with E-state index in [1.54, 1.807) is 0 Å². The van der Waals surface area contributed by atoms with Gasteiger partial charge in [0.15, 0.2) is 6.29 Å². The number of aliphatic hydroxyl groups excluding tert-OH is 5. The Morgan fingerprint density at radius 2 is 1.75 bits per heavy atom. The molecular weight excluding hydrogens is 174 g/mol. The molecule has 0 saturated carbocycles. The van der Waals surface area contributed by atoms with Crippen LogP contribution < -0.4 is 0 Å². The molecule has 12 heavy (non-hydrogen) atoms. The topological polar surface area (TPSA) is 110 Å². The second-order valence-corrected chi connectivity index (χ2v) is 2.72. The molecule has 0 amide bonds. The van der Waals surface area contributed by atoms with Crippen molar-refractivity contribution in [1.82, 2.24) is 0 Å². The van der Waals surface area contributed by atoms with Gasteiger partial charge in [-0.05, 0) is 0 Å². The van der Waals surface area contributed by atoms with E-state index in [0.717, 1.165) is 0 Å². The van der Waals surface area contributed by atoms with Crippen LogP contribution in [0.15, 0.2) is 0 Å². The zero-order valence-electron chi connectivity index (χ0n) is 6.24. The third-order valence-electron chi connectivity index (χ3n) is 1.84. The highest BCUT2D eigenvalue weighted by molar-refractivity contribution is 4.89. The van der Waals surface area contributed by atoms with Crippen LogP contribution in [0.4, 0.5) is 0 Å². The Labute approximate surface area is 68.6 Å². The summed E-state index contributed by atoms with van der Waals surface area (Å²) in [7, 11) is 0. The van der Waals surface area contributed by atoms with Gasteiger partial charge in [-0.1, -0.05) is 0 Å². The van der Waals surface area contributed by atoms with Crippen molar-refractivity contribution in [3.05, 3.63) is 0 Å². The van der Waals surface area contributed by atoms with Crippen LogP contribution in [0.1, 0.15) is 0 Å². The molecule has 0 radical (unpaired) electrons. The van der Waals surface area contributed by atoms with E-state index >= 15 is 0 Å². The minimum Gasteiger partial charge on any atom is -0.394 e. The van der Waals surface area contributed by atoms with Gasteiger partial charge in [-0.15, -0.1) is 0 Å². The Morgan fingerprint density at radius 3 is 2.08 bits per heavy atom. The number of hydrogen-bond donors (Lipinski definition) is 5. The van der Waals surface area contributed by atoms with Crippen LogP contribution in [0.5, 0.6) is 0 Å². The summed E-state index contributed by atoms with van der Waals surface area (Å²) in [6.45, 7) is -0.596. The van der Waals surface area contributed by atoms with E-state index in [-0.39, 0.29) is 0 Å². The van der Waals surface area contributed by atoms with Gasteiger partial charge in [-0.2, -0.15) is 0 Å². The molecule has 0 spiro atoms. The van der Waals surface area contributed by atoms with Gasteiger partial charge in [0, 0.05) is 0 Å². The van der Waals surface area contributed by atoms with E-state index in [2.05, 4.69) is 4.74 Å². The summed E-state index contributed by atoms with van der Waals surface area (Å²) in [5, 5.41) is 44.4. The molecule has 0 bridgehead atoms. The maximum absolute atomic E-state index is 9.12. The molecule has 1 aliphatic heterocycles. The van der Waals surface area contributed by atoms with Crippen LogP contribution in [0.2, 0.25) is 0 Å². The summed E-state index contributed by atoms with van der Waals surface area (Å²) >= 11 is 0. The summed E-state index contributed by atoms with van der Waals surface area (Å²) in [6.07, 6.45) is -6.75. The SMILES string of the molecule is O[13CH2][13C@@H](O)[13C@H]1O[13C@H](O)[13C@H](O)[13C@H]1O. The van der Waals surface area contributed by atoms with Gasteiger partial charge < -0.3 is 30.3 Å². The first kappa shape index (κ1) is 9.85. The molecule has 1 rings (SSSR count). The number of aliphatic hydroxyl groups is 5. The normalized spacial score (nSPS) is 44.8. The molecule has 0 aromatic rings. The number of hydrogen-bond acceptors (Lipinski definition) is 6. The van der Waals surface area contributed by atoms with Crippen LogP contribution in [-0.2, 0) is 4.74 Å². The van der Waals surface area contributed by atoms with Crippen molar-refractivity contribution >= 4 is 0 Å². The minimum atomic E-state index is -1.51. The molecule has 6 heteroatoms. The third kappa shape index (κ3) is 1.58. The molecule has 0 unspecified atom stereocenters. The van der Waals surface area contributed by atoms with Crippen LogP contribution in [0.3, 0.4) is 0 Å². The zero-order valence-corrected chi connectivity index (χ0v) is 6.24. The summed E-state index contributed by atoms with van der Waals surface area (Å²) in [5.41, 5.74) is 0. The van der Waals surface area contributed by atoms with E-state index in [0.29, 0.717) is 0 Å². The molecule has 6 nitrogen and oxygen atoms in total. The van der Waals surface area contributed by atoms with Crippen LogP contribution in [0.25, 0.3) is 0 Å². The second-order valence-electron chi connectivity index (χ2n) is 2.72. The molecule has 1 heterocycles. The van der Waals surface area contributed by atoms with Gasteiger partial charge in [-0.3, -0.25) is 0 Å². The zero-order chi connectivity index (χ0) is 9.30. The average Bonchev–Trinajstić information content (AvgIpc) is 2.32. The molecule has 1 fully saturated rings. The predicted molar refractivity (Wildman–Crippen MR) is 36.0 cm³/mol. The Hall–Kier alpha value is -0.240. The molecule has 0 aromatic heterocycles. The molecule has 1 aliphatic rings.